The van der Waals surface area contributed by atoms with E-state index in [0.29, 0.717) is 18.4 Å². The second-order valence-electron chi connectivity index (χ2n) is 7.87. The van der Waals surface area contributed by atoms with Crippen LogP contribution in [-0.2, 0) is 6.42 Å². The molecule has 0 aliphatic carbocycles. The van der Waals surface area contributed by atoms with Crippen LogP contribution in [0.3, 0.4) is 0 Å². The number of carbonyl (C=O) groups excluding carboxylic acids is 1. The van der Waals surface area contributed by atoms with E-state index < -0.39 is 0 Å². The predicted octanol–water partition coefficient (Wildman–Crippen LogP) is 7.49. The summed E-state index contributed by atoms with van der Waals surface area (Å²) in [5, 5.41) is 20.0. The number of phenolic OH excluding ortho intramolecular Hbond substituents is 2. The maximum Gasteiger partial charge on any atom is 0.167 e. The van der Waals surface area contributed by atoms with Gasteiger partial charge in [0.15, 0.2) is 5.78 Å². The summed E-state index contributed by atoms with van der Waals surface area (Å²) in [6, 6.07) is 2.81. The standard InChI is InChI=1S/C25H40O3/c1-3-5-6-7-8-9-10-11-12-13-14-15-16-18-23(27)25-21(17-4-2)22(26)19-20-24(25)28/h4,19-20,26,28H,2-3,5-18H2,1H3. The summed E-state index contributed by atoms with van der Waals surface area (Å²) < 4.78 is 0. The number of benzene rings is 1. The number of ketones is 1. The lowest BCUT2D eigenvalue weighted by atomic mass is 9.95. The van der Waals surface area contributed by atoms with Gasteiger partial charge in [-0.1, -0.05) is 90.0 Å². The lowest BCUT2D eigenvalue weighted by Crippen LogP contribution is -2.04. The van der Waals surface area contributed by atoms with Crippen molar-refractivity contribution in [1.29, 1.82) is 0 Å². The van der Waals surface area contributed by atoms with Gasteiger partial charge in [-0.05, 0) is 25.0 Å². The topological polar surface area (TPSA) is 57.5 Å². The molecule has 3 nitrogen and oxygen atoms in total. The Bertz CT molecular complexity index is 577. The van der Waals surface area contributed by atoms with Gasteiger partial charge >= 0.3 is 0 Å². The van der Waals surface area contributed by atoms with E-state index in [2.05, 4.69) is 13.5 Å². The fourth-order valence-corrected chi connectivity index (χ4v) is 3.71. The Morgan fingerprint density at radius 2 is 1.29 bits per heavy atom. The van der Waals surface area contributed by atoms with Crippen LogP contribution in [0.1, 0.15) is 113 Å². The first-order valence-electron chi connectivity index (χ1n) is 11.3. The third-order valence-electron chi connectivity index (χ3n) is 5.40. The van der Waals surface area contributed by atoms with Gasteiger partial charge in [0.05, 0.1) is 5.56 Å². The first kappa shape index (κ1) is 24.3. The van der Waals surface area contributed by atoms with E-state index in [1.165, 1.54) is 76.3 Å². The monoisotopic (exact) mass is 388 g/mol. The summed E-state index contributed by atoms with van der Waals surface area (Å²) in [6.45, 7) is 5.92. The van der Waals surface area contributed by atoms with E-state index in [0.717, 1.165) is 19.3 Å². The van der Waals surface area contributed by atoms with Crippen LogP contribution in [0, 0.1) is 0 Å². The highest BCUT2D eigenvalue weighted by atomic mass is 16.3. The normalized spacial score (nSPS) is 10.9. The molecule has 2 N–H and O–H groups in total. The molecule has 0 saturated carbocycles. The Morgan fingerprint density at radius 3 is 1.79 bits per heavy atom. The van der Waals surface area contributed by atoms with Crippen molar-refractivity contribution in [3.63, 3.8) is 0 Å². The molecule has 0 saturated heterocycles. The molecule has 1 aromatic rings. The van der Waals surface area contributed by atoms with Crippen molar-refractivity contribution >= 4 is 5.78 Å². The fraction of sp³-hybridized carbons (Fsp3) is 0.640. The molecule has 0 radical (unpaired) electrons. The van der Waals surface area contributed by atoms with Crippen LogP contribution in [0.2, 0.25) is 0 Å². The number of unbranched alkanes of at least 4 members (excludes halogenated alkanes) is 12. The smallest absolute Gasteiger partial charge is 0.167 e. The second-order valence-corrected chi connectivity index (χ2v) is 7.87. The zero-order chi connectivity index (χ0) is 20.6. The van der Waals surface area contributed by atoms with E-state index in [-0.39, 0.29) is 22.8 Å². The molecule has 3 heteroatoms. The summed E-state index contributed by atoms with van der Waals surface area (Å²) in [5.41, 5.74) is 0.744. The predicted molar refractivity (Wildman–Crippen MR) is 118 cm³/mol. The molecule has 28 heavy (non-hydrogen) atoms. The summed E-state index contributed by atoms with van der Waals surface area (Å²) in [7, 11) is 0. The number of Topliss-reactive ketones (excluding diaryl/α,β-unsaturated/α-hetero) is 1. The quantitative estimate of drug-likeness (QED) is 0.126. The van der Waals surface area contributed by atoms with Crippen LogP contribution >= 0.6 is 0 Å². The Hall–Kier alpha value is -1.77. The van der Waals surface area contributed by atoms with Crippen LogP contribution in [0.5, 0.6) is 11.5 Å². The van der Waals surface area contributed by atoms with Crippen LogP contribution in [0.4, 0.5) is 0 Å². The van der Waals surface area contributed by atoms with E-state index in [1.807, 2.05) is 0 Å². The van der Waals surface area contributed by atoms with E-state index >= 15 is 0 Å². The zero-order valence-electron chi connectivity index (χ0n) is 17.8. The largest absolute Gasteiger partial charge is 0.508 e. The number of allylic oxidation sites excluding steroid dienone is 1. The first-order valence-corrected chi connectivity index (χ1v) is 11.3. The van der Waals surface area contributed by atoms with Gasteiger partial charge in [-0.15, -0.1) is 6.58 Å². The number of rotatable bonds is 17. The van der Waals surface area contributed by atoms with Gasteiger partial charge in [-0.3, -0.25) is 4.79 Å². The van der Waals surface area contributed by atoms with Crippen molar-refractivity contribution in [3.05, 3.63) is 35.9 Å². The molecule has 0 unspecified atom stereocenters. The minimum atomic E-state index is -0.0895. The lowest BCUT2D eigenvalue weighted by Gasteiger charge is -2.11. The minimum Gasteiger partial charge on any atom is -0.508 e. The van der Waals surface area contributed by atoms with Gasteiger partial charge in [-0.25, -0.2) is 0 Å². The van der Waals surface area contributed by atoms with Crippen molar-refractivity contribution in [2.75, 3.05) is 0 Å². The Balaban J connectivity index is 2.15. The lowest BCUT2D eigenvalue weighted by molar-refractivity contribution is 0.0975. The Labute approximate surface area is 171 Å². The van der Waals surface area contributed by atoms with Crippen molar-refractivity contribution in [2.24, 2.45) is 0 Å². The molecule has 0 bridgehead atoms. The van der Waals surface area contributed by atoms with Gasteiger partial charge < -0.3 is 10.2 Å². The molecular weight excluding hydrogens is 348 g/mol. The highest BCUT2D eigenvalue weighted by Gasteiger charge is 2.18. The van der Waals surface area contributed by atoms with E-state index in [1.54, 1.807) is 6.08 Å². The molecule has 158 valence electrons. The molecule has 0 atom stereocenters. The first-order chi connectivity index (χ1) is 13.6. The number of phenols is 2. The molecule has 0 aromatic heterocycles. The highest BCUT2D eigenvalue weighted by Crippen LogP contribution is 2.31. The Morgan fingerprint density at radius 1 is 0.821 bits per heavy atom. The van der Waals surface area contributed by atoms with E-state index in [9.17, 15) is 15.0 Å². The van der Waals surface area contributed by atoms with E-state index in [4.69, 9.17) is 0 Å². The Kier molecular flexibility index (Phi) is 13.2. The summed E-state index contributed by atoms with van der Waals surface area (Å²) >= 11 is 0. The van der Waals surface area contributed by atoms with Crippen molar-refractivity contribution in [1.82, 2.24) is 0 Å². The number of hydrogen-bond donors (Lipinski definition) is 2. The molecule has 1 rings (SSSR count). The maximum absolute atomic E-state index is 12.5. The fourth-order valence-electron chi connectivity index (χ4n) is 3.71. The second kappa shape index (κ2) is 15.2. The zero-order valence-corrected chi connectivity index (χ0v) is 17.8. The number of carbonyl (C=O) groups is 1. The molecule has 0 fully saturated rings. The average Bonchev–Trinajstić information content (AvgIpc) is 2.68. The van der Waals surface area contributed by atoms with Gasteiger partial charge in [0.1, 0.15) is 11.5 Å². The SMILES string of the molecule is C=CCc1c(O)ccc(O)c1C(=O)CCCCCCCCCCCCCCC. The minimum absolute atomic E-state index is 0.0469. The molecule has 1 aromatic carbocycles. The third kappa shape index (κ3) is 9.43. The molecule has 0 spiro atoms. The van der Waals surface area contributed by atoms with Gasteiger partial charge in [0.25, 0.3) is 0 Å². The molecular formula is C25H40O3. The molecule has 0 aliphatic heterocycles. The average molecular weight is 389 g/mol. The van der Waals surface area contributed by atoms with Gasteiger partial charge in [0.2, 0.25) is 0 Å². The van der Waals surface area contributed by atoms with Crippen molar-refractivity contribution < 1.29 is 15.0 Å². The summed E-state index contributed by atoms with van der Waals surface area (Å²) in [4.78, 5) is 12.5. The number of hydrogen-bond acceptors (Lipinski definition) is 3. The van der Waals surface area contributed by atoms with Crippen LogP contribution in [0.25, 0.3) is 0 Å². The highest BCUT2D eigenvalue weighted by molar-refractivity contribution is 6.00. The molecule has 0 aliphatic rings. The summed E-state index contributed by atoms with van der Waals surface area (Å²) in [5.74, 6) is -0.0888. The van der Waals surface area contributed by atoms with Crippen LogP contribution < -0.4 is 0 Å². The van der Waals surface area contributed by atoms with Crippen molar-refractivity contribution in [3.8, 4) is 11.5 Å². The van der Waals surface area contributed by atoms with Crippen molar-refractivity contribution in [2.45, 2.75) is 103 Å². The van der Waals surface area contributed by atoms with Crippen LogP contribution in [0.15, 0.2) is 24.8 Å². The third-order valence-corrected chi connectivity index (χ3v) is 5.40. The summed E-state index contributed by atoms with van der Waals surface area (Å²) in [6.07, 6.45) is 18.9. The van der Waals surface area contributed by atoms with Gasteiger partial charge in [-0.2, -0.15) is 0 Å². The maximum atomic E-state index is 12.5. The number of aromatic hydroxyl groups is 2. The van der Waals surface area contributed by atoms with Crippen LogP contribution in [-0.4, -0.2) is 16.0 Å². The van der Waals surface area contributed by atoms with Gasteiger partial charge in [0, 0.05) is 12.0 Å². The molecule has 0 amide bonds. The molecule has 0 heterocycles.